The number of fused-ring (bicyclic) bond motifs is 3. The van der Waals surface area contributed by atoms with Crippen LogP contribution in [-0.4, -0.2) is 43.1 Å². The van der Waals surface area contributed by atoms with Crippen molar-refractivity contribution >= 4 is 17.7 Å². The Balaban J connectivity index is 0.00000106. The first kappa shape index (κ1) is 21.0. The number of carbonyl (C=O) groups is 3. The summed E-state index contributed by atoms with van der Waals surface area (Å²) in [6.07, 6.45) is 6.14. The van der Waals surface area contributed by atoms with E-state index in [1.807, 2.05) is 32.9 Å². The van der Waals surface area contributed by atoms with Crippen LogP contribution in [0.5, 0.6) is 0 Å². The normalized spacial score (nSPS) is 36.6. The molecule has 0 aromatic carbocycles. The Morgan fingerprint density at radius 3 is 2.73 bits per heavy atom. The van der Waals surface area contributed by atoms with Gasteiger partial charge in [0, 0.05) is 11.1 Å². The monoisotopic (exact) mass is 414 g/mol. The van der Waals surface area contributed by atoms with E-state index in [1.54, 1.807) is 0 Å². The standard InChI is InChI=1S/C22H24O6.C2H6/c1-11(8-18(23)26-3)12-4-5-16-21(2)7-6-13-14(10-27-20(13)25)15(21)9-17-22(16,28-17)19(12)24;1-2/h4-5,11,15,17H,6-10H2,1-3H3;1-2H3. The SMILES string of the molecule is CC.COC(=O)CC(C)C1=CC=C2C3(C)CCC4=C(COC4=O)C3CC3OC23C1=O. The fourth-order valence-electron chi connectivity index (χ4n) is 5.90. The predicted molar refractivity (Wildman–Crippen MR) is 109 cm³/mol. The van der Waals surface area contributed by atoms with E-state index < -0.39 is 5.60 Å². The van der Waals surface area contributed by atoms with Gasteiger partial charge in [-0.3, -0.25) is 9.59 Å². The lowest BCUT2D eigenvalue weighted by Gasteiger charge is -2.48. The van der Waals surface area contributed by atoms with Gasteiger partial charge in [0.25, 0.3) is 0 Å². The highest BCUT2D eigenvalue weighted by atomic mass is 16.6. The lowest BCUT2D eigenvalue weighted by atomic mass is 9.52. The fraction of sp³-hybridized carbons (Fsp3) is 0.625. The van der Waals surface area contributed by atoms with E-state index in [0.717, 1.165) is 29.6 Å². The number of hydrogen-bond acceptors (Lipinski definition) is 6. The van der Waals surface area contributed by atoms with Gasteiger partial charge >= 0.3 is 11.9 Å². The molecule has 6 nitrogen and oxygen atoms in total. The minimum absolute atomic E-state index is 0.00963. The lowest BCUT2D eigenvalue weighted by Crippen LogP contribution is -2.50. The van der Waals surface area contributed by atoms with Crippen molar-refractivity contribution < 1.29 is 28.6 Å². The van der Waals surface area contributed by atoms with Crippen molar-refractivity contribution in [3.63, 3.8) is 0 Å². The topological polar surface area (TPSA) is 82.2 Å². The molecule has 30 heavy (non-hydrogen) atoms. The predicted octanol–water partition coefficient (Wildman–Crippen LogP) is 3.46. The molecule has 0 bridgehead atoms. The Kier molecular flexibility index (Phi) is 5.04. The Labute approximate surface area is 177 Å². The van der Waals surface area contributed by atoms with Crippen LogP contribution in [0, 0.1) is 17.3 Å². The number of rotatable bonds is 3. The first-order valence-electron chi connectivity index (χ1n) is 10.9. The molecule has 3 aliphatic carbocycles. The molecule has 2 heterocycles. The molecular formula is C24H30O6. The molecule has 5 rings (SSSR count). The summed E-state index contributed by atoms with van der Waals surface area (Å²) in [5, 5.41) is 0. The number of ether oxygens (including phenoxy) is 3. The van der Waals surface area contributed by atoms with Gasteiger partial charge in [0.1, 0.15) is 12.7 Å². The highest BCUT2D eigenvalue weighted by Crippen LogP contribution is 2.67. The number of epoxide rings is 1. The van der Waals surface area contributed by atoms with Gasteiger partial charge in [-0.05, 0) is 47.7 Å². The summed E-state index contributed by atoms with van der Waals surface area (Å²) < 4.78 is 16.2. The van der Waals surface area contributed by atoms with Gasteiger partial charge in [-0.1, -0.05) is 39.8 Å². The van der Waals surface area contributed by atoms with Crippen molar-refractivity contribution in [2.75, 3.05) is 13.7 Å². The third kappa shape index (κ3) is 2.69. The summed E-state index contributed by atoms with van der Waals surface area (Å²) in [4.78, 5) is 37.1. The van der Waals surface area contributed by atoms with E-state index in [9.17, 15) is 14.4 Å². The average molecular weight is 414 g/mol. The third-order valence-corrected chi connectivity index (χ3v) is 7.53. The van der Waals surface area contributed by atoms with E-state index in [0.29, 0.717) is 18.6 Å². The molecular weight excluding hydrogens is 384 g/mol. The molecule has 1 spiro atoms. The number of cyclic esters (lactones) is 1. The van der Waals surface area contributed by atoms with Crippen molar-refractivity contribution in [3.8, 4) is 0 Å². The Bertz CT molecular complexity index is 909. The molecule has 0 aromatic heterocycles. The first-order valence-corrected chi connectivity index (χ1v) is 10.9. The number of allylic oxidation sites excluding steroid dienone is 2. The number of Topliss-reactive ketones (excluding diaryl/α,β-unsaturated/α-hetero) is 1. The second kappa shape index (κ2) is 7.19. The maximum absolute atomic E-state index is 13.5. The molecule has 0 aromatic rings. The molecule has 2 fully saturated rings. The zero-order valence-corrected chi connectivity index (χ0v) is 18.4. The van der Waals surface area contributed by atoms with E-state index in [4.69, 9.17) is 14.2 Å². The molecule has 6 heteroatoms. The van der Waals surface area contributed by atoms with Crippen LogP contribution in [0.3, 0.4) is 0 Å². The van der Waals surface area contributed by atoms with Gasteiger partial charge in [0.05, 0.1) is 13.5 Å². The highest BCUT2D eigenvalue weighted by Gasteiger charge is 2.73. The molecule has 5 atom stereocenters. The number of hydrogen-bond donors (Lipinski definition) is 0. The van der Waals surface area contributed by atoms with Gasteiger partial charge in [-0.2, -0.15) is 0 Å². The van der Waals surface area contributed by atoms with Crippen LogP contribution < -0.4 is 0 Å². The molecule has 1 saturated carbocycles. The average Bonchev–Trinajstić information content (AvgIpc) is 3.34. The first-order chi connectivity index (χ1) is 14.3. The van der Waals surface area contributed by atoms with E-state index in [2.05, 4.69) is 6.92 Å². The molecule has 0 N–H and O–H groups in total. The van der Waals surface area contributed by atoms with E-state index >= 15 is 0 Å². The smallest absolute Gasteiger partial charge is 0.334 e. The second-order valence-corrected chi connectivity index (χ2v) is 8.84. The Morgan fingerprint density at radius 2 is 2.03 bits per heavy atom. The van der Waals surface area contributed by atoms with Crippen molar-refractivity contribution in [2.24, 2.45) is 17.3 Å². The Morgan fingerprint density at radius 1 is 1.30 bits per heavy atom. The molecule has 162 valence electrons. The number of ketones is 1. The second-order valence-electron chi connectivity index (χ2n) is 8.84. The van der Waals surface area contributed by atoms with Crippen molar-refractivity contribution in [1.29, 1.82) is 0 Å². The molecule has 0 amide bonds. The van der Waals surface area contributed by atoms with Gasteiger partial charge < -0.3 is 14.2 Å². The maximum Gasteiger partial charge on any atom is 0.334 e. The van der Waals surface area contributed by atoms with Crippen LogP contribution in [0.25, 0.3) is 0 Å². The minimum Gasteiger partial charge on any atom is -0.469 e. The molecule has 5 aliphatic rings. The summed E-state index contributed by atoms with van der Waals surface area (Å²) >= 11 is 0. The van der Waals surface area contributed by atoms with Crippen LogP contribution in [0.15, 0.2) is 34.4 Å². The van der Waals surface area contributed by atoms with Crippen molar-refractivity contribution in [3.05, 3.63) is 34.4 Å². The van der Waals surface area contributed by atoms with Gasteiger partial charge in [-0.15, -0.1) is 0 Å². The zero-order valence-electron chi connectivity index (χ0n) is 18.4. The fourth-order valence-corrected chi connectivity index (χ4v) is 5.90. The molecule has 5 unspecified atom stereocenters. The lowest BCUT2D eigenvalue weighted by molar-refractivity contribution is -0.141. The zero-order chi connectivity index (χ0) is 21.8. The van der Waals surface area contributed by atoms with Crippen LogP contribution in [0.4, 0.5) is 0 Å². The molecule has 0 radical (unpaired) electrons. The van der Waals surface area contributed by atoms with E-state index in [1.165, 1.54) is 7.11 Å². The van der Waals surface area contributed by atoms with Crippen molar-refractivity contribution in [2.45, 2.75) is 65.1 Å². The largest absolute Gasteiger partial charge is 0.469 e. The van der Waals surface area contributed by atoms with E-state index in [-0.39, 0.29) is 47.5 Å². The van der Waals surface area contributed by atoms with Crippen LogP contribution in [0.1, 0.15) is 53.4 Å². The maximum atomic E-state index is 13.5. The summed E-state index contributed by atoms with van der Waals surface area (Å²) in [5.74, 6) is -0.563. The number of methoxy groups -OCH3 is 1. The van der Waals surface area contributed by atoms with Crippen LogP contribution in [-0.2, 0) is 28.6 Å². The summed E-state index contributed by atoms with van der Waals surface area (Å²) in [6.45, 7) is 8.44. The molecule has 2 aliphatic heterocycles. The minimum atomic E-state index is -0.874. The number of carbonyl (C=O) groups excluding carboxylic acids is 3. The summed E-state index contributed by atoms with van der Waals surface area (Å²) in [7, 11) is 1.36. The van der Waals surface area contributed by atoms with Gasteiger partial charge in [0.15, 0.2) is 11.4 Å². The highest BCUT2D eigenvalue weighted by molar-refractivity contribution is 6.09. The van der Waals surface area contributed by atoms with Gasteiger partial charge in [-0.25, -0.2) is 4.79 Å². The van der Waals surface area contributed by atoms with Crippen LogP contribution in [0.2, 0.25) is 0 Å². The Hall–Kier alpha value is -2.21. The molecule has 1 saturated heterocycles. The quantitative estimate of drug-likeness (QED) is 0.520. The van der Waals surface area contributed by atoms with Gasteiger partial charge in [0.2, 0.25) is 0 Å². The number of esters is 2. The summed E-state index contributed by atoms with van der Waals surface area (Å²) in [5.41, 5.74) is 2.51. The van der Waals surface area contributed by atoms with Crippen LogP contribution >= 0.6 is 0 Å². The third-order valence-electron chi connectivity index (χ3n) is 7.53. The van der Waals surface area contributed by atoms with Crippen molar-refractivity contribution in [1.82, 2.24) is 0 Å². The summed E-state index contributed by atoms with van der Waals surface area (Å²) in [6, 6.07) is 0.